The number of likely N-dealkylation sites (tertiary alicyclic amines) is 2. The Morgan fingerprint density at radius 1 is 0.536 bits per heavy atom. The van der Waals surface area contributed by atoms with Crippen molar-refractivity contribution in [3.63, 3.8) is 0 Å². The van der Waals surface area contributed by atoms with E-state index in [1.165, 1.54) is 64.5 Å². The maximum Gasteiger partial charge on any atom is 0.0195 e. The van der Waals surface area contributed by atoms with Crippen molar-refractivity contribution in [1.82, 2.24) is 9.80 Å². The van der Waals surface area contributed by atoms with Crippen LogP contribution in [-0.4, -0.2) is 45.0 Å². The van der Waals surface area contributed by atoms with Crippen LogP contribution in [0, 0.1) is 0 Å². The van der Waals surface area contributed by atoms with Crippen molar-refractivity contribution in [2.24, 2.45) is 0 Å². The molecule has 0 radical (unpaired) electrons. The number of unbranched alkanes of at least 4 members (excludes halogenated alkanes) is 2. The maximum atomic E-state index is 2.81. The molecule has 2 nitrogen and oxygen atoms in total. The standard InChI is InChI=1S/C26H50N2/c1-11-13-15-27-23(3,4)17-21(18-24(27,5)6)22-19-25(7,8)28(16-14-12-2)26(9,10)20-22/h11-20H2,1-10H3. The van der Waals surface area contributed by atoms with Gasteiger partial charge in [-0.15, -0.1) is 0 Å². The molecule has 0 aromatic heterocycles. The summed E-state index contributed by atoms with van der Waals surface area (Å²) in [5.74, 6) is 0. The first kappa shape index (κ1) is 23.9. The Kier molecular flexibility index (Phi) is 7.20. The van der Waals surface area contributed by atoms with Gasteiger partial charge in [-0.25, -0.2) is 0 Å². The SMILES string of the molecule is CCCCN1C(C)(C)CC(=C2CC(C)(C)N(CCCC)C(C)(C)C2)CC1(C)C. The van der Waals surface area contributed by atoms with Gasteiger partial charge in [0.15, 0.2) is 0 Å². The largest absolute Gasteiger partial charge is 0.292 e. The van der Waals surface area contributed by atoms with E-state index < -0.39 is 0 Å². The number of nitrogens with zero attached hydrogens (tertiary/aromatic N) is 2. The van der Waals surface area contributed by atoms with Crippen LogP contribution in [0.5, 0.6) is 0 Å². The summed E-state index contributed by atoms with van der Waals surface area (Å²) < 4.78 is 0. The van der Waals surface area contributed by atoms with Crippen LogP contribution in [0.4, 0.5) is 0 Å². The molecule has 0 atom stereocenters. The highest BCUT2D eigenvalue weighted by Crippen LogP contribution is 2.48. The Morgan fingerprint density at radius 2 is 0.786 bits per heavy atom. The highest BCUT2D eigenvalue weighted by molar-refractivity contribution is 5.29. The van der Waals surface area contributed by atoms with Crippen molar-refractivity contribution in [1.29, 1.82) is 0 Å². The van der Waals surface area contributed by atoms with E-state index >= 15 is 0 Å². The van der Waals surface area contributed by atoms with E-state index in [1.807, 2.05) is 0 Å². The first-order valence-electron chi connectivity index (χ1n) is 12.0. The van der Waals surface area contributed by atoms with Crippen LogP contribution >= 0.6 is 0 Å². The summed E-state index contributed by atoms with van der Waals surface area (Å²) >= 11 is 0. The molecule has 0 amide bonds. The van der Waals surface area contributed by atoms with Gasteiger partial charge in [0, 0.05) is 22.2 Å². The van der Waals surface area contributed by atoms with E-state index in [-0.39, 0.29) is 22.2 Å². The summed E-state index contributed by atoms with van der Waals surface area (Å²) in [7, 11) is 0. The third-order valence-corrected chi connectivity index (χ3v) is 7.48. The predicted molar refractivity (Wildman–Crippen MR) is 125 cm³/mol. The zero-order valence-electron chi connectivity index (χ0n) is 21.0. The summed E-state index contributed by atoms with van der Waals surface area (Å²) in [6.45, 7) is 27.0. The summed E-state index contributed by atoms with van der Waals surface area (Å²) in [6.07, 6.45) is 10.2. The van der Waals surface area contributed by atoms with Gasteiger partial charge in [0.25, 0.3) is 0 Å². The molecule has 2 saturated heterocycles. The summed E-state index contributed by atoms with van der Waals surface area (Å²) in [5.41, 5.74) is 4.58. The molecule has 0 bridgehead atoms. The van der Waals surface area contributed by atoms with Gasteiger partial charge in [-0.2, -0.15) is 0 Å². The van der Waals surface area contributed by atoms with Gasteiger partial charge in [-0.1, -0.05) is 37.8 Å². The Morgan fingerprint density at radius 3 is 1.00 bits per heavy atom. The van der Waals surface area contributed by atoms with Crippen LogP contribution < -0.4 is 0 Å². The van der Waals surface area contributed by atoms with Crippen molar-refractivity contribution in [2.45, 2.75) is 143 Å². The predicted octanol–water partition coefficient (Wildman–Crippen LogP) is 7.19. The summed E-state index contributed by atoms with van der Waals surface area (Å²) in [6, 6.07) is 0. The molecule has 0 aromatic rings. The van der Waals surface area contributed by atoms with Gasteiger partial charge in [-0.3, -0.25) is 9.80 Å². The van der Waals surface area contributed by atoms with Gasteiger partial charge >= 0.3 is 0 Å². The van der Waals surface area contributed by atoms with Gasteiger partial charge in [-0.05, 0) is 107 Å². The Hall–Kier alpha value is -0.340. The number of rotatable bonds is 6. The second-order valence-electron chi connectivity index (χ2n) is 12.2. The molecule has 0 aliphatic carbocycles. The lowest BCUT2D eigenvalue weighted by Crippen LogP contribution is -2.61. The zero-order chi connectivity index (χ0) is 21.4. The van der Waals surface area contributed by atoms with Crippen LogP contribution in [0.25, 0.3) is 0 Å². The third kappa shape index (κ3) is 5.04. The van der Waals surface area contributed by atoms with E-state index in [4.69, 9.17) is 0 Å². The van der Waals surface area contributed by atoms with Gasteiger partial charge in [0.2, 0.25) is 0 Å². The highest BCUT2D eigenvalue weighted by atomic mass is 15.3. The van der Waals surface area contributed by atoms with E-state index in [0.717, 1.165) is 0 Å². The van der Waals surface area contributed by atoms with E-state index in [9.17, 15) is 0 Å². The summed E-state index contributed by atoms with van der Waals surface area (Å²) in [4.78, 5) is 5.61. The first-order valence-corrected chi connectivity index (χ1v) is 12.0. The van der Waals surface area contributed by atoms with Crippen LogP contribution in [0.3, 0.4) is 0 Å². The molecule has 0 saturated carbocycles. The van der Waals surface area contributed by atoms with E-state index in [1.54, 1.807) is 11.1 Å². The molecule has 0 spiro atoms. The van der Waals surface area contributed by atoms with Crippen molar-refractivity contribution in [2.75, 3.05) is 13.1 Å². The minimum Gasteiger partial charge on any atom is -0.292 e. The molecule has 2 heteroatoms. The maximum absolute atomic E-state index is 2.81. The van der Waals surface area contributed by atoms with E-state index in [0.29, 0.717) is 0 Å². The average molecular weight is 391 g/mol. The molecule has 2 rings (SSSR count). The van der Waals surface area contributed by atoms with Crippen LogP contribution in [0.2, 0.25) is 0 Å². The summed E-state index contributed by atoms with van der Waals surface area (Å²) in [5, 5.41) is 0. The van der Waals surface area contributed by atoms with Crippen molar-refractivity contribution in [3.05, 3.63) is 11.1 Å². The molecule has 0 N–H and O–H groups in total. The normalized spacial score (nSPS) is 27.2. The molecular formula is C26H50N2. The fraction of sp³-hybridized carbons (Fsp3) is 0.923. The molecule has 2 aliphatic rings. The molecule has 0 unspecified atom stereocenters. The molecule has 28 heavy (non-hydrogen) atoms. The fourth-order valence-electron chi connectivity index (χ4n) is 6.58. The first-order chi connectivity index (χ1) is 12.8. The third-order valence-electron chi connectivity index (χ3n) is 7.48. The van der Waals surface area contributed by atoms with Gasteiger partial charge in [0.1, 0.15) is 0 Å². The Labute approximate surface area is 177 Å². The zero-order valence-corrected chi connectivity index (χ0v) is 21.0. The topological polar surface area (TPSA) is 6.48 Å². The average Bonchev–Trinajstić information content (AvgIpc) is 2.50. The lowest BCUT2D eigenvalue weighted by molar-refractivity contribution is -0.0184. The van der Waals surface area contributed by atoms with E-state index in [2.05, 4.69) is 79.0 Å². The van der Waals surface area contributed by atoms with Crippen LogP contribution in [0.15, 0.2) is 11.1 Å². The molecular weight excluding hydrogens is 340 g/mol. The second kappa shape index (κ2) is 8.42. The van der Waals surface area contributed by atoms with Crippen LogP contribution in [-0.2, 0) is 0 Å². The van der Waals surface area contributed by atoms with Crippen LogP contribution in [0.1, 0.15) is 121 Å². The number of piperidine rings is 2. The quantitative estimate of drug-likeness (QED) is 0.443. The molecule has 2 fully saturated rings. The van der Waals surface area contributed by atoms with Crippen molar-refractivity contribution >= 4 is 0 Å². The Bertz CT molecular complexity index is 475. The fourth-order valence-corrected chi connectivity index (χ4v) is 6.58. The lowest BCUT2D eigenvalue weighted by atomic mass is 9.69. The minimum absolute atomic E-state index is 0.257. The molecule has 0 aromatic carbocycles. The second-order valence-corrected chi connectivity index (χ2v) is 12.2. The highest BCUT2D eigenvalue weighted by Gasteiger charge is 2.47. The number of hydrogen-bond donors (Lipinski definition) is 0. The monoisotopic (exact) mass is 390 g/mol. The van der Waals surface area contributed by atoms with Gasteiger partial charge < -0.3 is 0 Å². The smallest absolute Gasteiger partial charge is 0.0195 e. The molecule has 2 heterocycles. The lowest BCUT2D eigenvalue weighted by Gasteiger charge is -2.57. The number of hydrogen-bond acceptors (Lipinski definition) is 2. The van der Waals surface area contributed by atoms with Crippen molar-refractivity contribution < 1.29 is 0 Å². The Balaban J connectivity index is 2.33. The van der Waals surface area contributed by atoms with Gasteiger partial charge in [0.05, 0.1) is 0 Å². The molecule has 2 aliphatic heterocycles. The molecule has 164 valence electrons. The van der Waals surface area contributed by atoms with Crippen molar-refractivity contribution in [3.8, 4) is 0 Å². The minimum atomic E-state index is 0.257.